The van der Waals surface area contributed by atoms with Gasteiger partial charge in [0.15, 0.2) is 0 Å². The zero-order chi connectivity index (χ0) is 14.1. The average molecular weight is 287 g/mol. The summed E-state index contributed by atoms with van der Waals surface area (Å²) in [6, 6.07) is 6.78. The molecule has 2 aromatic heterocycles. The largest absolute Gasteiger partial charge is 0.292 e. The summed E-state index contributed by atoms with van der Waals surface area (Å²) >= 11 is 5.87. The van der Waals surface area contributed by atoms with E-state index in [1.54, 1.807) is 22.9 Å². The number of hydrogen-bond acceptors (Lipinski definition) is 4. The molecule has 1 fully saturated rings. The minimum absolute atomic E-state index is 0.165. The fourth-order valence-electron chi connectivity index (χ4n) is 2.12. The Bertz CT molecular complexity index is 758. The molecular weight excluding hydrogens is 276 g/mol. The second-order valence-electron chi connectivity index (χ2n) is 4.80. The van der Waals surface area contributed by atoms with E-state index in [9.17, 15) is 4.79 Å². The van der Waals surface area contributed by atoms with E-state index >= 15 is 0 Å². The third-order valence-corrected chi connectivity index (χ3v) is 3.42. The van der Waals surface area contributed by atoms with Crippen molar-refractivity contribution in [3.8, 4) is 6.07 Å². The number of aromatic nitrogens is 3. The lowest BCUT2D eigenvalue weighted by molar-refractivity contribution is 0.669. The van der Waals surface area contributed by atoms with E-state index < -0.39 is 0 Å². The molecule has 0 radical (unpaired) electrons. The molecule has 0 bridgehead atoms. The summed E-state index contributed by atoms with van der Waals surface area (Å²) in [5.41, 5.74) is 1.03. The Kier molecular flexibility index (Phi) is 3.25. The van der Waals surface area contributed by atoms with Crippen LogP contribution in [0.25, 0.3) is 0 Å². The summed E-state index contributed by atoms with van der Waals surface area (Å²) < 4.78 is 1.63. The Morgan fingerprint density at radius 2 is 2.25 bits per heavy atom. The van der Waals surface area contributed by atoms with E-state index in [1.807, 2.05) is 6.07 Å². The van der Waals surface area contributed by atoms with Crippen molar-refractivity contribution in [2.24, 2.45) is 0 Å². The molecule has 0 N–H and O–H groups in total. The van der Waals surface area contributed by atoms with Crippen molar-refractivity contribution < 1.29 is 0 Å². The predicted octanol–water partition coefficient (Wildman–Crippen LogP) is 2.09. The van der Waals surface area contributed by atoms with Crippen LogP contribution in [0.4, 0.5) is 0 Å². The van der Waals surface area contributed by atoms with Crippen LogP contribution in [-0.4, -0.2) is 14.5 Å². The summed E-state index contributed by atoms with van der Waals surface area (Å²) in [7, 11) is 0. The summed E-state index contributed by atoms with van der Waals surface area (Å²) in [6.07, 6.45) is 3.64. The third kappa shape index (κ3) is 2.56. The Labute approximate surface area is 120 Å². The molecule has 5 nitrogen and oxygen atoms in total. The normalized spacial score (nSPS) is 14.0. The van der Waals surface area contributed by atoms with Crippen molar-refractivity contribution in [3.63, 3.8) is 0 Å². The topological polar surface area (TPSA) is 71.6 Å². The van der Waals surface area contributed by atoms with Gasteiger partial charge in [-0.3, -0.25) is 9.36 Å². The van der Waals surface area contributed by atoms with Gasteiger partial charge >= 0.3 is 0 Å². The van der Waals surface area contributed by atoms with Crippen molar-refractivity contribution in [2.75, 3.05) is 0 Å². The van der Waals surface area contributed by atoms with Crippen LogP contribution in [0.1, 0.15) is 35.8 Å². The van der Waals surface area contributed by atoms with Crippen molar-refractivity contribution in [1.29, 1.82) is 5.26 Å². The van der Waals surface area contributed by atoms with E-state index in [-0.39, 0.29) is 10.7 Å². The minimum Gasteiger partial charge on any atom is -0.292 e. The van der Waals surface area contributed by atoms with Gasteiger partial charge in [0.1, 0.15) is 22.7 Å². The predicted molar refractivity (Wildman–Crippen MR) is 73.5 cm³/mol. The molecule has 0 spiro atoms. The van der Waals surface area contributed by atoms with Gasteiger partial charge in [0.05, 0.1) is 6.54 Å². The standard InChI is InChI=1S/C14H11ClN4O/c15-12-6-13(20)19(14(18-12)10-1-2-10)8-9-3-4-17-11(5-9)7-16/h3-6,10H,1-2,8H2. The highest BCUT2D eigenvalue weighted by molar-refractivity contribution is 6.29. The van der Waals surface area contributed by atoms with Crippen LogP contribution in [0.2, 0.25) is 5.15 Å². The van der Waals surface area contributed by atoms with Crippen molar-refractivity contribution in [2.45, 2.75) is 25.3 Å². The first-order chi connectivity index (χ1) is 9.67. The maximum absolute atomic E-state index is 12.1. The summed E-state index contributed by atoms with van der Waals surface area (Å²) in [6.45, 7) is 0.381. The van der Waals surface area contributed by atoms with Crippen LogP contribution < -0.4 is 5.56 Å². The first-order valence-corrected chi connectivity index (χ1v) is 6.67. The lowest BCUT2D eigenvalue weighted by Gasteiger charge is -2.11. The van der Waals surface area contributed by atoms with Gasteiger partial charge in [-0.25, -0.2) is 9.97 Å². The number of hydrogen-bond donors (Lipinski definition) is 0. The highest BCUT2D eigenvalue weighted by Gasteiger charge is 2.29. The number of nitriles is 1. The highest BCUT2D eigenvalue weighted by atomic mass is 35.5. The second kappa shape index (κ2) is 5.06. The summed E-state index contributed by atoms with van der Waals surface area (Å²) in [4.78, 5) is 20.3. The average Bonchev–Trinajstić information content (AvgIpc) is 3.26. The number of halogens is 1. The third-order valence-electron chi connectivity index (χ3n) is 3.23. The van der Waals surface area contributed by atoms with Gasteiger partial charge in [-0.15, -0.1) is 0 Å². The molecule has 0 unspecified atom stereocenters. The minimum atomic E-state index is -0.165. The van der Waals surface area contributed by atoms with E-state index in [1.165, 1.54) is 6.07 Å². The molecule has 0 saturated heterocycles. The Balaban J connectivity index is 2.02. The first-order valence-electron chi connectivity index (χ1n) is 6.29. The van der Waals surface area contributed by atoms with Crippen LogP contribution in [0.5, 0.6) is 0 Å². The quantitative estimate of drug-likeness (QED) is 0.810. The molecule has 0 aromatic carbocycles. The molecule has 0 amide bonds. The van der Waals surface area contributed by atoms with E-state index in [0.29, 0.717) is 18.2 Å². The van der Waals surface area contributed by atoms with E-state index in [0.717, 1.165) is 24.2 Å². The second-order valence-corrected chi connectivity index (χ2v) is 5.18. The molecule has 1 aliphatic carbocycles. The summed E-state index contributed by atoms with van der Waals surface area (Å²) in [5.74, 6) is 1.05. The molecule has 0 atom stereocenters. The molecule has 6 heteroatoms. The molecule has 3 rings (SSSR count). The molecule has 2 aromatic rings. The zero-order valence-corrected chi connectivity index (χ0v) is 11.3. The van der Waals surface area contributed by atoms with E-state index in [2.05, 4.69) is 9.97 Å². The lowest BCUT2D eigenvalue weighted by atomic mass is 10.2. The van der Waals surface area contributed by atoms with Crippen molar-refractivity contribution in [3.05, 3.63) is 57.0 Å². The number of pyridine rings is 1. The van der Waals surface area contributed by atoms with Gasteiger partial charge < -0.3 is 0 Å². The summed E-state index contributed by atoms with van der Waals surface area (Å²) in [5, 5.41) is 9.10. The van der Waals surface area contributed by atoms with Gasteiger partial charge in [0.2, 0.25) is 0 Å². The SMILES string of the molecule is N#Cc1cc(Cn2c(C3CC3)nc(Cl)cc2=O)ccn1. The van der Waals surface area contributed by atoms with Gasteiger partial charge in [-0.05, 0) is 30.5 Å². The van der Waals surface area contributed by atoms with Crippen molar-refractivity contribution >= 4 is 11.6 Å². The van der Waals surface area contributed by atoms with Crippen molar-refractivity contribution in [1.82, 2.24) is 14.5 Å². The van der Waals surface area contributed by atoms with E-state index in [4.69, 9.17) is 16.9 Å². The molecule has 1 saturated carbocycles. The molecule has 0 aliphatic heterocycles. The van der Waals surface area contributed by atoms with Crippen LogP contribution in [-0.2, 0) is 6.54 Å². The van der Waals surface area contributed by atoms with Crippen LogP contribution >= 0.6 is 11.6 Å². The maximum Gasteiger partial charge on any atom is 0.255 e. The molecule has 100 valence electrons. The lowest BCUT2D eigenvalue weighted by Crippen LogP contribution is -2.24. The Morgan fingerprint density at radius 1 is 1.45 bits per heavy atom. The molecular formula is C14H11ClN4O. The van der Waals surface area contributed by atoms with Crippen LogP contribution in [0.15, 0.2) is 29.2 Å². The smallest absolute Gasteiger partial charge is 0.255 e. The van der Waals surface area contributed by atoms with Gasteiger partial charge in [-0.2, -0.15) is 5.26 Å². The van der Waals surface area contributed by atoms with Gasteiger partial charge in [-0.1, -0.05) is 11.6 Å². The maximum atomic E-state index is 12.1. The molecule has 1 aliphatic rings. The van der Waals surface area contributed by atoms with Gasteiger partial charge in [0, 0.05) is 18.2 Å². The molecule has 2 heterocycles. The van der Waals surface area contributed by atoms with Crippen LogP contribution in [0, 0.1) is 11.3 Å². The number of rotatable bonds is 3. The number of nitrogens with zero attached hydrogens (tertiary/aromatic N) is 4. The monoisotopic (exact) mass is 286 g/mol. The van der Waals surface area contributed by atoms with Gasteiger partial charge in [0.25, 0.3) is 5.56 Å². The fraction of sp³-hybridized carbons (Fsp3) is 0.286. The first kappa shape index (κ1) is 12.8. The fourth-order valence-corrected chi connectivity index (χ4v) is 2.30. The Morgan fingerprint density at radius 3 is 2.95 bits per heavy atom. The van der Waals surface area contributed by atoms with Crippen LogP contribution in [0.3, 0.4) is 0 Å². The zero-order valence-electron chi connectivity index (χ0n) is 10.6. The highest BCUT2D eigenvalue weighted by Crippen LogP contribution is 2.38. The molecule has 20 heavy (non-hydrogen) atoms. The Hall–Kier alpha value is -2.19.